The van der Waals surface area contributed by atoms with Gasteiger partial charge >= 0.3 is 0 Å². The molecule has 0 aliphatic rings. The third-order valence-electron chi connectivity index (χ3n) is 4.90. The van der Waals surface area contributed by atoms with Crippen LogP contribution in [0.3, 0.4) is 0 Å². The van der Waals surface area contributed by atoms with Crippen molar-refractivity contribution in [2.24, 2.45) is 0 Å². The fourth-order valence-electron chi connectivity index (χ4n) is 3.63. The molecule has 0 saturated carbocycles. The minimum Gasteiger partial charge on any atom is -0.354 e. The van der Waals surface area contributed by atoms with Crippen LogP contribution < -0.4 is 0 Å². The summed E-state index contributed by atoms with van der Waals surface area (Å²) in [6.45, 7) is 0. The van der Waals surface area contributed by atoms with Crippen LogP contribution >= 0.6 is 11.6 Å². The number of benzene rings is 4. The van der Waals surface area contributed by atoms with Crippen molar-refractivity contribution in [3.8, 4) is 22.3 Å². The molecule has 4 aromatic carbocycles. The van der Waals surface area contributed by atoms with Gasteiger partial charge in [0.1, 0.15) is 0 Å². The molecule has 2 heteroatoms. The lowest BCUT2D eigenvalue weighted by atomic mass is 9.97. The lowest BCUT2D eigenvalue weighted by Crippen LogP contribution is -1.82. The minimum absolute atomic E-state index is 0.761. The third-order valence-corrected chi connectivity index (χ3v) is 5.16. The van der Waals surface area contributed by atoms with E-state index in [4.69, 9.17) is 11.6 Å². The van der Waals surface area contributed by atoms with Gasteiger partial charge in [0.05, 0.1) is 0 Å². The number of hydrogen-bond donors (Lipinski definition) is 1. The Morgan fingerprint density at radius 2 is 1.15 bits per heavy atom. The monoisotopic (exact) mass is 353 g/mol. The van der Waals surface area contributed by atoms with Crippen molar-refractivity contribution in [3.63, 3.8) is 0 Å². The molecule has 5 rings (SSSR count). The Kier molecular flexibility index (Phi) is 3.55. The Morgan fingerprint density at radius 3 is 1.92 bits per heavy atom. The number of hydrogen-bond acceptors (Lipinski definition) is 0. The summed E-state index contributed by atoms with van der Waals surface area (Å²) in [4.78, 5) is 3.52. The second kappa shape index (κ2) is 6.05. The molecule has 0 atom stereocenters. The highest BCUT2D eigenvalue weighted by Gasteiger charge is 2.10. The maximum Gasteiger partial charge on any atom is 0.0471 e. The zero-order chi connectivity index (χ0) is 17.5. The molecule has 1 nitrogen and oxygen atoms in total. The van der Waals surface area contributed by atoms with Gasteiger partial charge in [0.25, 0.3) is 0 Å². The second-order valence-electron chi connectivity index (χ2n) is 6.48. The molecule has 0 aliphatic carbocycles. The SMILES string of the molecule is Clc1ccc(-c2ccc(-c3cccc4[nH]c5ccccc5c34)cc2)cc1. The lowest BCUT2D eigenvalue weighted by Gasteiger charge is -2.07. The number of aromatic nitrogens is 1. The van der Waals surface area contributed by atoms with E-state index < -0.39 is 0 Å². The van der Waals surface area contributed by atoms with Crippen molar-refractivity contribution in [2.75, 3.05) is 0 Å². The number of nitrogens with one attached hydrogen (secondary N) is 1. The molecule has 124 valence electrons. The van der Waals surface area contributed by atoms with E-state index in [1.807, 2.05) is 12.1 Å². The van der Waals surface area contributed by atoms with Gasteiger partial charge in [-0.15, -0.1) is 0 Å². The van der Waals surface area contributed by atoms with Crippen LogP contribution in [0.25, 0.3) is 44.1 Å². The standard InChI is InChI=1S/C24H16ClN/c25-19-14-12-17(13-15-19)16-8-10-18(11-9-16)20-5-3-7-23-24(20)21-4-1-2-6-22(21)26-23/h1-15,26H. The summed E-state index contributed by atoms with van der Waals surface area (Å²) in [5, 5.41) is 3.30. The van der Waals surface area contributed by atoms with Gasteiger partial charge in [-0.1, -0.05) is 78.3 Å². The Balaban J connectivity index is 1.65. The number of H-pyrrole nitrogens is 1. The summed E-state index contributed by atoms with van der Waals surface area (Å²) < 4.78 is 0. The van der Waals surface area contributed by atoms with Crippen LogP contribution in [-0.4, -0.2) is 4.98 Å². The second-order valence-corrected chi connectivity index (χ2v) is 6.92. The number of rotatable bonds is 2. The first-order valence-corrected chi connectivity index (χ1v) is 9.03. The highest BCUT2D eigenvalue weighted by Crippen LogP contribution is 2.35. The van der Waals surface area contributed by atoms with E-state index in [-0.39, 0.29) is 0 Å². The quantitative estimate of drug-likeness (QED) is 0.342. The summed E-state index contributed by atoms with van der Waals surface area (Å²) in [6, 6.07) is 31.6. The van der Waals surface area contributed by atoms with E-state index in [9.17, 15) is 0 Å². The summed E-state index contributed by atoms with van der Waals surface area (Å²) in [5.74, 6) is 0. The van der Waals surface area contributed by atoms with E-state index in [0.717, 1.165) is 5.02 Å². The van der Waals surface area contributed by atoms with Gasteiger partial charge in [-0.25, -0.2) is 0 Å². The zero-order valence-electron chi connectivity index (χ0n) is 14.0. The summed E-state index contributed by atoms with van der Waals surface area (Å²) in [7, 11) is 0. The van der Waals surface area contributed by atoms with Crippen molar-refractivity contribution in [1.82, 2.24) is 4.98 Å². The fraction of sp³-hybridized carbons (Fsp3) is 0. The largest absolute Gasteiger partial charge is 0.354 e. The predicted molar refractivity (Wildman–Crippen MR) is 112 cm³/mol. The molecule has 1 heterocycles. The average molecular weight is 354 g/mol. The molecule has 1 N–H and O–H groups in total. The van der Waals surface area contributed by atoms with Crippen molar-refractivity contribution >= 4 is 33.4 Å². The molecule has 1 aromatic heterocycles. The van der Waals surface area contributed by atoms with Gasteiger partial charge in [0.2, 0.25) is 0 Å². The number of aromatic amines is 1. The molecule has 26 heavy (non-hydrogen) atoms. The number of halogens is 1. The van der Waals surface area contributed by atoms with Gasteiger partial charge in [-0.3, -0.25) is 0 Å². The van der Waals surface area contributed by atoms with E-state index in [0.29, 0.717) is 0 Å². The van der Waals surface area contributed by atoms with Crippen LogP contribution in [0.4, 0.5) is 0 Å². The molecule has 0 aliphatic heterocycles. The highest BCUT2D eigenvalue weighted by atomic mass is 35.5. The minimum atomic E-state index is 0.761. The van der Waals surface area contributed by atoms with Gasteiger partial charge in [0, 0.05) is 26.8 Å². The predicted octanol–water partition coefficient (Wildman–Crippen LogP) is 7.31. The van der Waals surface area contributed by atoms with Crippen LogP contribution in [0.5, 0.6) is 0 Å². The van der Waals surface area contributed by atoms with E-state index in [2.05, 4.69) is 83.8 Å². The molecule has 5 aromatic rings. The maximum atomic E-state index is 5.99. The van der Waals surface area contributed by atoms with Gasteiger partial charge in [0.15, 0.2) is 0 Å². The topological polar surface area (TPSA) is 15.8 Å². The van der Waals surface area contributed by atoms with Gasteiger partial charge < -0.3 is 4.98 Å². The van der Waals surface area contributed by atoms with Crippen molar-refractivity contribution in [3.05, 3.63) is 96.0 Å². The first-order valence-electron chi connectivity index (χ1n) is 8.65. The Labute approximate surface area is 156 Å². The van der Waals surface area contributed by atoms with E-state index in [1.54, 1.807) is 0 Å². The first-order chi connectivity index (χ1) is 12.8. The molecule has 0 saturated heterocycles. The van der Waals surface area contributed by atoms with Gasteiger partial charge in [-0.05, 0) is 46.5 Å². The average Bonchev–Trinajstić information content (AvgIpc) is 3.07. The third kappa shape index (κ3) is 2.49. The summed E-state index contributed by atoms with van der Waals surface area (Å²) in [6.07, 6.45) is 0. The highest BCUT2D eigenvalue weighted by molar-refractivity contribution is 6.30. The molecule has 0 amide bonds. The molecular formula is C24H16ClN. The van der Waals surface area contributed by atoms with Crippen molar-refractivity contribution < 1.29 is 0 Å². The Morgan fingerprint density at radius 1 is 0.538 bits per heavy atom. The summed E-state index contributed by atoms with van der Waals surface area (Å²) >= 11 is 5.99. The van der Waals surface area contributed by atoms with Crippen LogP contribution in [-0.2, 0) is 0 Å². The van der Waals surface area contributed by atoms with Crippen molar-refractivity contribution in [2.45, 2.75) is 0 Å². The number of para-hydroxylation sites is 1. The normalized spacial score (nSPS) is 11.3. The van der Waals surface area contributed by atoms with Crippen LogP contribution in [0.2, 0.25) is 5.02 Å². The molecule has 0 unspecified atom stereocenters. The Hall–Kier alpha value is -3.03. The Bertz CT molecular complexity index is 1220. The van der Waals surface area contributed by atoms with E-state index >= 15 is 0 Å². The zero-order valence-corrected chi connectivity index (χ0v) is 14.8. The fourth-order valence-corrected chi connectivity index (χ4v) is 3.75. The van der Waals surface area contributed by atoms with Crippen LogP contribution in [0.15, 0.2) is 91.0 Å². The van der Waals surface area contributed by atoms with Crippen LogP contribution in [0.1, 0.15) is 0 Å². The molecule has 0 radical (unpaired) electrons. The van der Waals surface area contributed by atoms with E-state index in [1.165, 1.54) is 44.1 Å². The smallest absolute Gasteiger partial charge is 0.0471 e. The molecular weight excluding hydrogens is 338 g/mol. The van der Waals surface area contributed by atoms with Crippen LogP contribution in [0, 0.1) is 0 Å². The molecule has 0 spiro atoms. The first kappa shape index (κ1) is 15.2. The van der Waals surface area contributed by atoms with Crippen molar-refractivity contribution in [1.29, 1.82) is 0 Å². The molecule has 0 bridgehead atoms. The lowest BCUT2D eigenvalue weighted by molar-refractivity contribution is 1.54. The maximum absolute atomic E-state index is 5.99. The van der Waals surface area contributed by atoms with Gasteiger partial charge in [-0.2, -0.15) is 0 Å². The molecule has 0 fully saturated rings. The number of fused-ring (bicyclic) bond motifs is 3. The summed E-state index contributed by atoms with van der Waals surface area (Å²) in [5.41, 5.74) is 7.18.